The Kier molecular flexibility index (Phi) is 4.56. The maximum absolute atomic E-state index is 6.33. The van der Waals surface area contributed by atoms with Crippen molar-refractivity contribution in [3.63, 3.8) is 0 Å². The highest BCUT2D eigenvalue weighted by Crippen LogP contribution is 2.21. The van der Waals surface area contributed by atoms with Crippen molar-refractivity contribution < 1.29 is 0 Å². The molecule has 102 valence electrons. The fraction of sp³-hybridized carbons (Fsp3) is 0.429. The summed E-state index contributed by atoms with van der Waals surface area (Å²) < 4.78 is 1.85. The summed E-state index contributed by atoms with van der Waals surface area (Å²) in [6, 6.07) is 4.28. The summed E-state index contributed by atoms with van der Waals surface area (Å²) in [6.07, 6.45) is 4.46. The Morgan fingerprint density at radius 2 is 2.05 bits per heavy atom. The van der Waals surface area contributed by atoms with Gasteiger partial charge in [-0.15, -0.1) is 0 Å². The van der Waals surface area contributed by atoms with Crippen LogP contribution in [0.5, 0.6) is 0 Å². The summed E-state index contributed by atoms with van der Waals surface area (Å²) in [7, 11) is 1.93. The van der Waals surface area contributed by atoms with Crippen LogP contribution in [0, 0.1) is 0 Å². The second-order valence-corrected chi connectivity index (χ2v) is 4.95. The lowest BCUT2D eigenvalue weighted by atomic mass is 10.1. The average Bonchev–Trinajstić information content (AvgIpc) is 2.72. The molecule has 0 fully saturated rings. The lowest BCUT2D eigenvalue weighted by Crippen LogP contribution is -2.20. The maximum atomic E-state index is 6.33. The summed E-state index contributed by atoms with van der Waals surface area (Å²) in [5.41, 5.74) is 3.20. The minimum atomic E-state index is 0.249. The summed E-state index contributed by atoms with van der Waals surface area (Å²) in [6.45, 7) is 4.89. The van der Waals surface area contributed by atoms with Crippen molar-refractivity contribution in [2.24, 2.45) is 7.05 Å². The SMILES string of the molecule is CCc1nn(C)c(CNC(C)c2ccncc2)c1Cl. The largest absolute Gasteiger partial charge is 0.305 e. The van der Waals surface area contributed by atoms with Crippen LogP contribution in [-0.2, 0) is 20.0 Å². The molecule has 0 aromatic carbocycles. The maximum Gasteiger partial charge on any atom is 0.0863 e. The number of aromatic nitrogens is 3. The van der Waals surface area contributed by atoms with Crippen LogP contribution in [-0.4, -0.2) is 14.8 Å². The van der Waals surface area contributed by atoms with Crippen molar-refractivity contribution in [2.75, 3.05) is 0 Å². The van der Waals surface area contributed by atoms with E-state index in [0.29, 0.717) is 6.54 Å². The van der Waals surface area contributed by atoms with E-state index in [9.17, 15) is 0 Å². The molecule has 0 amide bonds. The van der Waals surface area contributed by atoms with Crippen LogP contribution < -0.4 is 5.32 Å². The lowest BCUT2D eigenvalue weighted by molar-refractivity contribution is 0.547. The van der Waals surface area contributed by atoms with Gasteiger partial charge in [-0.3, -0.25) is 9.67 Å². The van der Waals surface area contributed by atoms with Gasteiger partial charge in [0.1, 0.15) is 0 Å². The van der Waals surface area contributed by atoms with Crippen molar-refractivity contribution in [3.8, 4) is 0 Å². The van der Waals surface area contributed by atoms with E-state index >= 15 is 0 Å². The van der Waals surface area contributed by atoms with Gasteiger partial charge in [0.05, 0.1) is 16.4 Å². The summed E-state index contributed by atoms with van der Waals surface area (Å²) in [5.74, 6) is 0. The molecule has 0 aliphatic rings. The van der Waals surface area contributed by atoms with Crippen molar-refractivity contribution in [3.05, 3.63) is 46.5 Å². The number of aryl methyl sites for hydroxylation is 2. The molecule has 0 saturated carbocycles. The smallest absolute Gasteiger partial charge is 0.0863 e. The summed E-state index contributed by atoms with van der Waals surface area (Å²) in [4.78, 5) is 4.03. The molecule has 0 radical (unpaired) electrons. The van der Waals surface area contributed by atoms with Gasteiger partial charge < -0.3 is 5.32 Å². The number of nitrogens with zero attached hydrogens (tertiary/aromatic N) is 3. The molecule has 4 nitrogen and oxygen atoms in total. The van der Waals surface area contributed by atoms with E-state index in [1.807, 2.05) is 23.9 Å². The fourth-order valence-electron chi connectivity index (χ4n) is 2.03. The van der Waals surface area contributed by atoms with Gasteiger partial charge in [-0.1, -0.05) is 18.5 Å². The first-order valence-electron chi connectivity index (χ1n) is 6.47. The Hall–Kier alpha value is -1.39. The Bertz CT molecular complexity index is 536. The molecule has 0 aliphatic heterocycles. The first-order chi connectivity index (χ1) is 9.13. The molecule has 0 aliphatic carbocycles. The first-order valence-corrected chi connectivity index (χ1v) is 6.84. The fourth-order valence-corrected chi connectivity index (χ4v) is 2.39. The predicted molar refractivity (Wildman–Crippen MR) is 77.1 cm³/mol. The summed E-state index contributed by atoms with van der Waals surface area (Å²) in [5, 5.41) is 8.65. The molecule has 1 N–H and O–H groups in total. The average molecular weight is 279 g/mol. The second-order valence-electron chi connectivity index (χ2n) is 4.57. The van der Waals surface area contributed by atoms with E-state index in [0.717, 1.165) is 22.8 Å². The third-order valence-electron chi connectivity index (χ3n) is 3.28. The minimum Gasteiger partial charge on any atom is -0.305 e. The van der Waals surface area contributed by atoms with Crippen LogP contribution in [0.4, 0.5) is 0 Å². The predicted octanol–water partition coefficient (Wildman–Crippen LogP) is 2.88. The van der Waals surface area contributed by atoms with Gasteiger partial charge in [-0.2, -0.15) is 5.10 Å². The van der Waals surface area contributed by atoms with Crippen molar-refractivity contribution in [2.45, 2.75) is 32.9 Å². The van der Waals surface area contributed by atoms with Gasteiger partial charge in [0.2, 0.25) is 0 Å². The Labute approximate surface area is 118 Å². The van der Waals surface area contributed by atoms with Crippen LogP contribution in [0.2, 0.25) is 5.02 Å². The zero-order valence-corrected chi connectivity index (χ0v) is 12.3. The molecule has 2 heterocycles. The Morgan fingerprint density at radius 3 is 2.63 bits per heavy atom. The van der Waals surface area contributed by atoms with Gasteiger partial charge in [-0.25, -0.2) is 0 Å². The number of hydrogen-bond acceptors (Lipinski definition) is 3. The van der Waals surface area contributed by atoms with E-state index in [-0.39, 0.29) is 6.04 Å². The van der Waals surface area contributed by atoms with Gasteiger partial charge in [0, 0.05) is 32.0 Å². The zero-order chi connectivity index (χ0) is 13.8. The molecule has 19 heavy (non-hydrogen) atoms. The molecule has 1 unspecified atom stereocenters. The Balaban J connectivity index is 2.05. The molecule has 2 aromatic rings. The van der Waals surface area contributed by atoms with E-state index < -0.39 is 0 Å². The second kappa shape index (κ2) is 6.17. The first kappa shape index (κ1) is 14.0. The highest BCUT2D eigenvalue weighted by Gasteiger charge is 2.13. The molecule has 0 saturated heterocycles. The lowest BCUT2D eigenvalue weighted by Gasteiger charge is -2.14. The van der Waals surface area contributed by atoms with Crippen LogP contribution in [0.1, 0.15) is 36.8 Å². The molecular formula is C14H19ClN4. The van der Waals surface area contributed by atoms with E-state index in [2.05, 4.69) is 29.2 Å². The normalized spacial score (nSPS) is 12.6. The number of halogens is 1. The quantitative estimate of drug-likeness (QED) is 0.914. The van der Waals surface area contributed by atoms with Crippen LogP contribution in [0.25, 0.3) is 0 Å². The molecule has 0 bridgehead atoms. The van der Waals surface area contributed by atoms with Crippen LogP contribution >= 0.6 is 11.6 Å². The molecule has 5 heteroatoms. The highest BCUT2D eigenvalue weighted by molar-refractivity contribution is 6.31. The van der Waals surface area contributed by atoms with E-state index in [4.69, 9.17) is 11.6 Å². The van der Waals surface area contributed by atoms with Crippen molar-refractivity contribution in [1.29, 1.82) is 0 Å². The van der Waals surface area contributed by atoms with Crippen LogP contribution in [0.3, 0.4) is 0 Å². The summed E-state index contributed by atoms with van der Waals surface area (Å²) >= 11 is 6.33. The number of nitrogens with one attached hydrogen (secondary N) is 1. The zero-order valence-electron chi connectivity index (χ0n) is 11.5. The molecular weight excluding hydrogens is 260 g/mol. The molecule has 0 spiro atoms. The number of hydrogen-bond donors (Lipinski definition) is 1. The highest BCUT2D eigenvalue weighted by atomic mass is 35.5. The number of rotatable bonds is 5. The van der Waals surface area contributed by atoms with Gasteiger partial charge in [0.15, 0.2) is 0 Å². The van der Waals surface area contributed by atoms with Gasteiger partial charge in [0.25, 0.3) is 0 Å². The molecule has 2 aromatic heterocycles. The third-order valence-corrected chi connectivity index (χ3v) is 3.72. The van der Waals surface area contributed by atoms with Gasteiger partial charge in [-0.05, 0) is 31.0 Å². The van der Waals surface area contributed by atoms with Crippen LogP contribution in [0.15, 0.2) is 24.5 Å². The van der Waals surface area contributed by atoms with Gasteiger partial charge >= 0.3 is 0 Å². The van der Waals surface area contributed by atoms with E-state index in [1.165, 1.54) is 5.56 Å². The van der Waals surface area contributed by atoms with Crippen molar-refractivity contribution in [1.82, 2.24) is 20.1 Å². The minimum absolute atomic E-state index is 0.249. The monoisotopic (exact) mass is 278 g/mol. The number of pyridine rings is 1. The van der Waals surface area contributed by atoms with Crippen molar-refractivity contribution >= 4 is 11.6 Å². The Morgan fingerprint density at radius 1 is 1.37 bits per heavy atom. The molecule has 2 rings (SSSR count). The van der Waals surface area contributed by atoms with E-state index in [1.54, 1.807) is 12.4 Å². The third kappa shape index (κ3) is 3.14. The molecule has 1 atom stereocenters. The standard InChI is InChI=1S/C14H19ClN4/c1-4-12-14(15)13(19(3)18-12)9-17-10(2)11-5-7-16-8-6-11/h5-8,10,17H,4,9H2,1-3H3. The topological polar surface area (TPSA) is 42.7 Å².